The lowest BCUT2D eigenvalue weighted by atomic mass is 10.1. The molecule has 1 fully saturated rings. The SMILES string of the molecule is CC1CC1c1ccc(C(O)c2ccc(F)c(F)c2)o1. The summed E-state index contributed by atoms with van der Waals surface area (Å²) in [5.74, 6) is 0.344. The third-order valence-corrected chi connectivity index (χ3v) is 3.65. The molecule has 4 heteroatoms. The molecule has 0 spiro atoms. The van der Waals surface area contributed by atoms with E-state index in [2.05, 4.69) is 6.92 Å². The van der Waals surface area contributed by atoms with Crippen molar-refractivity contribution in [1.29, 1.82) is 0 Å². The van der Waals surface area contributed by atoms with Crippen molar-refractivity contribution in [2.24, 2.45) is 5.92 Å². The van der Waals surface area contributed by atoms with Gasteiger partial charge >= 0.3 is 0 Å². The lowest BCUT2D eigenvalue weighted by Crippen LogP contribution is -1.99. The molecule has 1 heterocycles. The van der Waals surface area contributed by atoms with E-state index in [1.807, 2.05) is 6.07 Å². The highest BCUT2D eigenvalue weighted by Gasteiger charge is 2.37. The molecule has 0 amide bonds. The Morgan fingerprint density at radius 1 is 1.21 bits per heavy atom. The Hall–Kier alpha value is -1.68. The molecule has 1 aliphatic carbocycles. The molecule has 0 saturated heterocycles. The van der Waals surface area contributed by atoms with E-state index in [1.54, 1.807) is 6.07 Å². The van der Waals surface area contributed by atoms with E-state index in [1.165, 1.54) is 6.07 Å². The van der Waals surface area contributed by atoms with Crippen LogP contribution < -0.4 is 0 Å². The van der Waals surface area contributed by atoms with Gasteiger partial charge in [-0.05, 0) is 42.2 Å². The van der Waals surface area contributed by atoms with Gasteiger partial charge in [0.15, 0.2) is 11.6 Å². The summed E-state index contributed by atoms with van der Waals surface area (Å²) >= 11 is 0. The van der Waals surface area contributed by atoms with E-state index in [9.17, 15) is 13.9 Å². The molecule has 1 aromatic heterocycles. The molecule has 3 rings (SSSR count). The lowest BCUT2D eigenvalue weighted by Gasteiger charge is -2.08. The fourth-order valence-electron chi connectivity index (χ4n) is 2.28. The van der Waals surface area contributed by atoms with Crippen LogP contribution in [-0.4, -0.2) is 5.11 Å². The van der Waals surface area contributed by atoms with Crippen LogP contribution in [0.1, 0.15) is 42.5 Å². The molecule has 1 aromatic carbocycles. The first-order chi connectivity index (χ1) is 9.06. The number of aliphatic hydroxyl groups excluding tert-OH is 1. The summed E-state index contributed by atoms with van der Waals surface area (Å²) in [6.07, 6.45) is 0.0201. The van der Waals surface area contributed by atoms with Gasteiger partial charge in [0.05, 0.1) is 0 Å². The van der Waals surface area contributed by atoms with Gasteiger partial charge < -0.3 is 9.52 Å². The molecular weight excluding hydrogens is 250 g/mol. The van der Waals surface area contributed by atoms with Crippen LogP contribution in [-0.2, 0) is 0 Å². The molecular formula is C15H14F2O2. The van der Waals surface area contributed by atoms with E-state index in [0.717, 1.165) is 24.3 Å². The second-order valence-electron chi connectivity index (χ2n) is 5.14. The van der Waals surface area contributed by atoms with Crippen molar-refractivity contribution in [3.63, 3.8) is 0 Å². The highest BCUT2D eigenvalue weighted by atomic mass is 19.2. The number of furan rings is 1. The smallest absolute Gasteiger partial charge is 0.159 e. The van der Waals surface area contributed by atoms with Gasteiger partial charge in [-0.25, -0.2) is 8.78 Å². The van der Waals surface area contributed by atoms with Crippen LogP contribution in [0.5, 0.6) is 0 Å². The summed E-state index contributed by atoms with van der Waals surface area (Å²) in [5.41, 5.74) is 0.281. The van der Waals surface area contributed by atoms with E-state index < -0.39 is 17.7 Å². The molecule has 1 aliphatic rings. The number of benzene rings is 1. The molecule has 0 radical (unpaired) electrons. The van der Waals surface area contributed by atoms with Gasteiger partial charge in [-0.1, -0.05) is 13.0 Å². The predicted octanol–water partition coefficient (Wildman–Crippen LogP) is 3.76. The van der Waals surface area contributed by atoms with Gasteiger partial charge in [-0.3, -0.25) is 0 Å². The zero-order chi connectivity index (χ0) is 13.6. The van der Waals surface area contributed by atoms with Crippen molar-refractivity contribution < 1.29 is 18.3 Å². The van der Waals surface area contributed by atoms with Gasteiger partial charge in [0.2, 0.25) is 0 Å². The average Bonchev–Trinajstić information content (AvgIpc) is 2.93. The quantitative estimate of drug-likeness (QED) is 0.915. The predicted molar refractivity (Wildman–Crippen MR) is 65.6 cm³/mol. The molecule has 1 N–H and O–H groups in total. The molecule has 2 nitrogen and oxygen atoms in total. The van der Waals surface area contributed by atoms with Crippen LogP contribution in [0.25, 0.3) is 0 Å². The van der Waals surface area contributed by atoms with Gasteiger partial charge in [-0.15, -0.1) is 0 Å². The van der Waals surface area contributed by atoms with Crippen molar-refractivity contribution in [3.8, 4) is 0 Å². The summed E-state index contributed by atoms with van der Waals surface area (Å²) in [5, 5.41) is 10.1. The molecule has 1 saturated carbocycles. The molecule has 3 atom stereocenters. The van der Waals surface area contributed by atoms with Gasteiger partial charge in [0.1, 0.15) is 17.6 Å². The van der Waals surface area contributed by atoms with Crippen molar-refractivity contribution in [1.82, 2.24) is 0 Å². The van der Waals surface area contributed by atoms with Crippen LogP contribution >= 0.6 is 0 Å². The standard InChI is InChI=1S/C15H14F2O2/c1-8-6-10(8)13-4-5-14(19-13)15(18)9-2-3-11(16)12(17)7-9/h2-5,7-8,10,15,18H,6H2,1H3. The van der Waals surface area contributed by atoms with Crippen LogP contribution in [0.15, 0.2) is 34.7 Å². The van der Waals surface area contributed by atoms with E-state index >= 15 is 0 Å². The fourth-order valence-corrected chi connectivity index (χ4v) is 2.28. The Bertz CT molecular complexity index is 606. The monoisotopic (exact) mass is 264 g/mol. The van der Waals surface area contributed by atoms with Crippen LogP contribution in [0, 0.1) is 17.6 Å². The lowest BCUT2D eigenvalue weighted by molar-refractivity contribution is 0.186. The summed E-state index contributed by atoms with van der Waals surface area (Å²) in [4.78, 5) is 0. The maximum absolute atomic E-state index is 13.1. The van der Waals surface area contributed by atoms with E-state index in [4.69, 9.17) is 4.42 Å². The van der Waals surface area contributed by atoms with Crippen molar-refractivity contribution in [2.45, 2.75) is 25.4 Å². The molecule has 3 unspecified atom stereocenters. The third kappa shape index (κ3) is 2.28. The number of hydrogen-bond donors (Lipinski definition) is 1. The Morgan fingerprint density at radius 2 is 1.95 bits per heavy atom. The van der Waals surface area contributed by atoms with Gasteiger partial charge in [-0.2, -0.15) is 0 Å². The molecule has 0 aliphatic heterocycles. The molecule has 100 valence electrons. The minimum Gasteiger partial charge on any atom is -0.463 e. The Morgan fingerprint density at radius 3 is 2.58 bits per heavy atom. The second-order valence-corrected chi connectivity index (χ2v) is 5.14. The van der Waals surface area contributed by atoms with Crippen molar-refractivity contribution in [3.05, 3.63) is 59.1 Å². The van der Waals surface area contributed by atoms with Crippen molar-refractivity contribution in [2.75, 3.05) is 0 Å². The van der Waals surface area contributed by atoms with Crippen molar-refractivity contribution >= 4 is 0 Å². The molecule has 0 bridgehead atoms. The van der Waals surface area contributed by atoms with E-state index in [-0.39, 0.29) is 5.56 Å². The summed E-state index contributed by atoms with van der Waals surface area (Å²) in [6, 6.07) is 6.87. The number of hydrogen-bond acceptors (Lipinski definition) is 2. The third-order valence-electron chi connectivity index (χ3n) is 3.65. The zero-order valence-corrected chi connectivity index (χ0v) is 10.4. The fraction of sp³-hybridized carbons (Fsp3) is 0.333. The highest BCUT2D eigenvalue weighted by Crippen LogP contribution is 2.47. The summed E-state index contributed by atoms with van der Waals surface area (Å²) < 4.78 is 31.6. The normalized spacial score (nSPS) is 23.4. The van der Waals surface area contributed by atoms with Gasteiger partial charge in [0, 0.05) is 5.92 Å². The second kappa shape index (κ2) is 4.46. The molecule has 2 aromatic rings. The largest absolute Gasteiger partial charge is 0.463 e. The summed E-state index contributed by atoms with van der Waals surface area (Å²) in [6.45, 7) is 2.14. The Kier molecular flexibility index (Phi) is 2.90. The molecule has 19 heavy (non-hydrogen) atoms. The van der Waals surface area contributed by atoms with E-state index in [0.29, 0.717) is 17.6 Å². The Labute approximate surface area is 109 Å². The highest BCUT2D eigenvalue weighted by molar-refractivity contribution is 5.28. The zero-order valence-electron chi connectivity index (χ0n) is 10.4. The first-order valence-electron chi connectivity index (χ1n) is 6.29. The minimum absolute atomic E-state index is 0.281. The number of aliphatic hydroxyl groups is 1. The number of rotatable bonds is 3. The van der Waals surface area contributed by atoms with Gasteiger partial charge in [0.25, 0.3) is 0 Å². The van der Waals surface area contributed by atoms with Crippen LogP contribution in [0.3, 0.4) is 0 Å². The minimum atomic E-state index is -1.07. The maximum atomic E-state index is 13.1. The maximum Gasteiger partial charge on any atom is 0.159 e. The first kappa shape index (κ1) is 12.4. The van der Waals surface area contributed by atoms with Crippen LogP contribution in [0.2, 0.25) is 0 Å². The number of halogens is 2. The Balaban J connectivity index is 1.84. The van der Waals surface area contributed by atoms with Crippen LogP contribution in [0.4, 0.5) is 8.78 Å². The first-order valence-corrected chi connectivity index (χ1v) is 6.29. The summed E-state index contributed by atoms with van der Waals surface area (Å²) in [7, 11) is 0. The average molecular weight is 264 g/mol. The topological polar surface area (TPSA) is 33.4 Å².